The molecule has 2 saturated heterocycles. The van der Waals surface area contributed by atoms with E-state index in [9.17, 15) is 0 Å². The first-order valence-electron chi connectivity index (χ1n) is 8.92. The van der Waals surface area contributed by atoms with Gasteiger partial charge in [-0.2, -0.15) is 0 Å². The molecule has 0 radical (unpaired) electrons. The molecule has 2 aliphatic heterocycles. The van der Waals surface area contributed by atoms with Crippen molar-refractivity contribution in [1.82, 2.24) is 15.6 Å². The molecule has 1 aromatic heterocycles. The zero-order valence-electron chi connectivity index (χ0n) is 14.4. The van der Waals surface area contributed by atoms with Crippen molar-refractivity contribution in [2.45, 2.75) is 50.9 Å². The van der Waals surface area contributed by atoms with Crippen LogP contribution in [-0.4, -0.2) is 42.8 Å². The molecule has 5 nitrogen and oxygen atoms in total. The third kappa shape index (κ3) is 3.00. The van der Waals surface area contributed by atoms with Crippen molar-refractivity contribution >= 4 is 16.9 Å². The van der Waals surface area contributed by atoms with Crippen LogP contribution in [0.4, 0.5) is 0 Å². The maximum atomic E-state index is 5.90. The number of nitrogens with zero attached hydrogens (tertiary/aromatic N) is 1. The van der Waals surface area contributed by atoms with Crippen LogP contribution in [0.25, 0.3) is 10.9 Å². The number of aromatic amines is 1. The number of aryl methyl sites for hydroxylation is 1. The SMILES string of the molecule is CN=C(NCCc1c[nH]c2cc(C)ccc12)NC1CC2CCC1O2. The molecule has 3 heterocycles. The summed E-state index contributed by atoms with van der Waals surface area (Å²) in [5, 5.41) is 8.28. The molecule has 5 heteroatoms. The lowest BCUT2D eigenvalue weighted by Gasteiger charge is -2.22. The first-order valence-corrected chi connectivity index (χ1v) is 8.92. The minimum absolute atomic E-state index is 0.366. The average Bonchev–Trinajstić information content (AvgIpc) is 3.29. The maximum Gasteiger partial charge on any atom is 0.191 e. The van der Waals surface area contributed by atoms with E-state index in [4.69, 9.17) is 4.74 Å². The van der Waals surface area contributed by atoms with Crippen molar-refractivity contribution in [3.05, 3.63) is 35.5 Å². The zero-order chi connectivity index (χ0) is 16.5. The highest BCUT2D eigenvalue weighted by Gasteiger charge is 2.41. The average molecular weight is 326 g/mol. The maximum absolute atomic E-state index is 5.90. The van der Waals surface area contributed by atoms with Crippen molar-refractivity contribution in [3.63, 3.8) is 0 Å². The van der Waals surface area contributed by atoms with Crippen molar-refractivity contribution in [2.24, 2.45) is 4.99 Å². The Morgan fingerprint density at radius 1 is 1.38 bits per heavy atom. The van der Waals surface area contributed by atoms with Gasteiger partial charge in [-0.05, 0) is 49.8 Å². The molecule has 128 valence electrons. The predicted octanol–water partition coefficient (Wildman–Crippen LogP) is 2.50. The summed E-state index contributed by atoms with van der Waals surface area (Å²) in [7, 11) is 1.83. The molecule has 1 aromatic carbocycles. The number of aromatic nitrogens is 1. The number of H-pyrrole nitrogens is 1. The highest BCUT2D eigenvalue weighted by molar-refractivity contribution is 5.84. The van der Waals surface area contributed by atoms with Crippen molar-refractivity contribution in [3.8, 4) is 0 Å². The van der Waals surface area contributed by atoms with Crippen LogP contribution in [0.15, 0.2) is 29.4 Å². The first-order chi connectivity index (χ1) is 11.7. The molecule has 0 aliphatic carbocycles. The summed E-state index contributed by atoms with van der Waals surface area (Å²) in [6.45, 7) is 2.98. The van der Waals surface area contributed by atoms with Gasteiger partial charge in [0.1, 0.15) is 0 Å². The Morgan fingerprint density at radius 2 is 2.29 bits per heavy atom. The second kappa shape index (κ2) is 6.48. The Balaban J connectivity index is 1.32. The summed E-state index contributed by atoms with van der Waals surface area (Å²) in [4.78, 5) is 7.73. The van der Waals surface area contributed by atoms with E-state index in [1.807, 2.05) is 7.05 Å². The van der Waals surface area contributed by atoms with E-state index in [0.717, 1.165) is 25.3 Å². The number of nitrogens with one attached hydrogen (secondary N) is 3. The second-order valence-electron chi connectivity index (χ2n) is 6.97. The third-order valence-electron chi connectivity index (χ3n) is 5.26. The van der Waals surface area contributed by atoms with Gasteiger partial charge >= 0.3 is 0 Å². The molecule has 0 saturated carbocycles. The van der Waals surface area contributed by atoms with Crippen LogP contribution in [-0.2, 0) is 11.2 Å². The highest BCUT2D eigenvalue weighted by atomic mass is 16.5. The van der Waals surface area contributed by atoms with Crippen molar-refractivity contribution in [1.29, 1.82) is 0 Å². The van der Waals surface area contributed by atoms with Crippen LogP contribution in [0.3, 0.4) is 0 Å². The number of hydrogen-bond donors (Lipinski definition) is 3. The molecule has 2 aromatic rings. The van der Waals surface area contributed by atoms with Gasteiger partial charge in [-0.1, -0.05) is 12.1 Å². The smallest absolute Gasteiger partial charge is 0.191 e. The van der Waals surface area contributed by atoms with Gasteiger partial charge in [-0.25, -0.2) is 0 Å². The van der Waals surface area contributed by atoms with Gasteiger partial charge in [-0.15, -0.1) is 0 Å². The van der Waals surface area contributed by atoms with E-state index in [0.29, 0.717) is 18.2 Å². The molecular formula is C19H26N4O. The highest BCUT2D eigenvalue weighted by Crippen LogP contribution is 2.34. The van der Waals surface area contributed by atoms with E-state index in [1.165, 1.54) is 34.9 Å². The molecule has 2 aliphatic rings. The van der Waals surface area contributed by atoms with Gasteiger partial charge in [0.2, 0.25) is 0 Å². The number of guanidine groups is 1. The van der Waals surface area contributed by atoms with Crippen LogP contribution in [0.5, 0.6) is 0 Å². The summed E-state index contributed by atoms with van der Waals surface area (Å²) < 4.78 is 5.90. The molecule has 24 heavy (non-hydrogen) atoms. The molecular weight excluding hydrogens is 300 g/mol. The largest absolute Gasteiger partial charge is 0.373 e. The molecule has 3 N–H and O–H groups in total. The number of benzene rings is 1. The number of fused-ring (bicyclic) bond motifs is 3. The molecule has 4 rings (SSSR count). The Morgan fingerprint density at radius 3 is 3.04 bits per heavy atom. The predicted molar refractivity (Wildman–Crippen MR) is 97.5 cm³/mol. The molecule has 2 fully saturated rings. The standard InChI is InChI=1S/C19H26N4O/c1-12-3-5-15-13(11-22-16(15)9-12)7-8-21-19(20-2)23-17-10-14-4-6-18(17)24-14/h3,5,9,11,14,17-18,22H,4,6-8,10H2,1-2H3,(H2,20,21,23). The Hall–Kier alpha value is -2.01. The third-order valence-corrected chi connectivity index (χ3v) is 5.26. The normalized spacial score (nSPS) is 26.2. The number of aliphatic imine (C=N–C) groups is 1. The lowest BCUT2D eigenvalue weighted by Crippen LogP contribution is -2.47. The van der Waals surface area contributed by atoms with E-state index < -0.39 is 0 Å². The Labute approximate surface area is 142 Å². The van der Waals surface area contributed by atoms with Crippen LogP contribution in [0.2, 0.25) is 0 Å². The van der Waals surface area contributed by atoms with Gasteiger partial charge < -0.3 is 20.4 Å². The van der Waals surface area contributed by atoms with Gasteiger partial charge in [0.15, 0.2) is 5.96 Å². The molecule has 3 unspecified atom stereocenters. The quantitative estimate of drug-likeness (QED) is 0.597. The van der Waals surface area contributed by atoms with Gasteiger partial charge in [-0.3, -0.25) is 4.99 Å². The Kier molecular flexibility index (Phi) is 4.19. The molecule has 2 bridgehead atoms. The molecule has 3 atom stereocenters. The van der Waals surface area contributed by atoms with Gasteiger partial charge in [0, 0.05) is 30.7 Å². The van der Waals surface area contributed by atoms with Crippen LogP contribution in [0, 0.1) is 6.92 Å². The summed E-state index contributed by atoms with van der Waals surface area (Å²) in [5.41, 5.74) is 3.84. The topological polar surface area (TPSA) is 61.4 Å². The fourth-order valence-electron chi connectivity index (χ4n) is 3.98. The van der Waals surface area contributed by atoms with E-state index >= 15 is 0 Å². The number of ether oxygens (including phenoxy) is 1. The molecule has 0 amide bonds. The summed E-state index contributed by atoms with van der Waals surface area (Å²) in [6.07, 6.45) is 7.41. The van der Waals surface area contributed by atoms with E-state index in [-0.39, 0.29) is 0 Å². The Bertz CT molecular complexity index is 751. The van der Waals surface area contributed by atoms with Gasteiger partial charge in [0.05, 0.1) is 18.2 Å². The summed E-state index contributed by atoms with van der Waals surface area (Å²) >= 11 is 0. The minimum Gasteiger partial charge on any atom is -0.373 e. The summed E-state index contributed by atoms with van der Waals surface area (Å²) in [5.74, 6) is 0.881. The molecule has 0 spiro atoms. The fourth-order valence-corrected chi connectivity index (χ4v) is 3.98. The van der Waals surface area contributed by atoms with Crippen molar-refractivity contribution < 1.29 is 4.74 Å². The number of rotatable bonds is 4. The van der Waals surface area contributed by atoms with Crippen LogP contribution in [0.1, 0.15) is 30.4 Å². The van der Waals surface area contributed by atoms with E-state index in [1.54, 1.807) is 0 Å². The van der Waals surface area contributed by atoms with Crippen molar-refractivity contribution in [2.75, 3.05) is 13.6 Å². The lowest BCUT2D eigenvalue weighted by atomic mass is 9.96. The minimum atomic E-state index is 0.366. The number of hydrogen-bond acceptors (Lipinski definition) is 2. The summed E-state index contributed by atoms with van der Waals surface area (Å²) in [6, 6.07) is 6.98. The van der Waals surface area contributed by atoms with Gasteiger partial charge in [0.25, 0.3) is 0 Å². The van der Waals surface area contributed by atoms with Crippen LogP contribution >= 0.6 is 0 Å². The first kappa shape index (κ1) is 15.5. The lowest BCUT2D eigenvalue weighted by molar-refractivity contribution is 0.0992. The van der Waals surface area contributed by atoms with Crippen LogP contribution < -0.4 is 10.6 Å². The second-order valence-corrected chi connectivity index (χ2v) is 6.97. The fraction of sp³-hybridized carbons (Fsp3) is 0.526. The van der Waals surface area contributed by atoms with E-state index in [2.05, 4.69) is 51.9 Å². The monoisotopic (exact) mass is 326 g/mol. The zero-order valence-corrected chi connectivity index (χ0v) is 14.4.